The van der Waals surface area contributed by atoms with Crippen LogP contribution in [-0.4, -0.2) is 145 Å². The summed E-state index contributed by atoms with van der Waals surface area (Å²) in [5.41, 5.74) is 7.56. The van der Waals surface area contributed by atoms with Gasteiger partial charge in [-0.2, -0.15) is 4.58 Å². The number of carboxylic acid groups (broad SMARTS) is 2. The number of carbonyl (C=O) groups is 3. The standard InChI is InChI=1S/C49H67ClN6O8S.Cu/c1-48(2)38-15-5-7-17-40(38)55(24-9-10-32-65(62,63)64)42(48)21-19-36-13-11-14-37(47(36)50)20-22-43-49(3,4)39-16-6-8-18-41(39)56(43)25-12-23-51-44(57)33-52-26-28-53(34-45(58)59)30-31-54(29-27-52)35-46(60)61;/h5-8,15-22,36,47H,9-14,23-35H2,1-4H3,(H3-,51,57,58,59,60,61,62,63,64);/q;+2/p-2/b21-19+,37-20+,43-22+;/i;1+0. The third-order valence-electron chi connectivity index (χ3n) is 13.5. The molecule has 1 aliphatic carbocycles. The summed E-state index contributed by atoms with van der Waals surface area (Å²) in [5.74, 6) is -2.83. The molecule has 17 heteroatoms. The van der Waals surface area contributed by atoms with Crippen LogP contribution in [0.5, 0.6) is 0 Å². The van der Waals surface area contributed by atoms with Crippen LogP contribution in [0.4, 0.5) is 11.4 Å². The maximum Gasteiger partial charge on any atom is 2.00 e. The van der Waals surface area contributed by atoms with Gasteiger partial charge in [0, 0.05) is 112 Å². The molecule has 4 aliphatic rings. The number of alkyl halides is 1. The predicted octanol–water partition coefficient (Wildman–Crippen LogP) is 2.88. The Morgan fingerprint density at radius 1 is 0.818 bits per heavy atom. The number of rotatable bonds is 18. The Balaban J connectivity index is 0.00000817. The van der Waals surface area contributed by atoms with Crippen molar-refractivity contribution in [1.29, 1.82) is 0 Å². The summed E-state index contributed by atoms with van der Waals surface area (Å²) in [4.78, 5) is 43.6. The van der Waals surface area contributed by atoms with Crippen molar-refractivity contribution in [2.24, 2.45) is 5.92 Å². The summed E-state index contributed by atoms with van der Waals surface area (Å²) in [5, 5.41) is 25.6. The summed E-state index contributed by atoms with van der Waals surface area (Å²) >= 11 is 7.37. The maximum atomic E-state index is 13.2. The molecule has 0 spiro atoms. The van der Waals surface area contributed by atoms with Crippen molar-refractivity contribution in [3.63, 3.8) is 0 Å². The molecule has 1 N–H and O–H groups in total. The van der Waals surface area contributed by atoms with Gasteiger partial charge in [-0.15, -0.1) is 11.6 Å². The van der Waals surface area contributed by atoms with Crippen molar-refractivity contribution in [2.45, 2.75) is 82.4 Å². The van der Waals surface area contributed by atoms with Crippen LogP contribution in [0.2, 0.25) is 0 Å². The molecule has 1 amide bonds. The van der Waals surface area contributed by atoms with Crippen LogP contribution in [-0.2, 0) is 52.4 Å². The van der Waals surface area contributed by atoms with Crippen molar-refractivity contribution >= 4 is 56.7 Å². The van der Waals surface area contributed by atoms with Gasteiger partial charge in [0.1, 0.15) is 6.54 Å². The van der Waals surface area contributed by atoms with E-state index in [9.17, 15) is 37.6 Å². The van der Waals surface area contributed by atoms with Crippen LogP contribution in [0.3, 0.4) is 0 Å². The fraction of sp³-hybridized carbons (Fsp3) is 0.551. The number of unbranched alkanes of at least 4 members (excludes halogenated alkanes) is 1. The Morgan fingerprint density at radius 2 is 1.41 bits per heavy atom. The molecule has 363 valence electrons. The zero-order chi connectivity index (χ0) is 46.9. The van der Waals surface area contributed by atoms with E-state index in [4.69, 9.17) is 11.6 Å². The molecule has 14 nitrogen and oxygen atoms in total. The average Bonchev–Trinajstić information content (AvgIpc) is 3.63. The first kappa shape index (κ1) is 53.1. The molecular formula is C49H65ClCuN6O8S. The van der Waals surface area contributed by atoms with Gasteiger partial charge in [-0.05, 0) is 69.6 Å². The number of benzene rings is 2. The summed E-state index contributed by atoms with van der Waals surface area (Å²) in [6.07, 6.45) is 13.3. The third-order valence-corrected chi connectivity index (χ3v) is 14.9. The van der Waals surface area contributed by atoms with Crippen LogP contribution >= 0.6 is 11.6 Å². The van der Waals surface area contributed by atoms with E-state index in [1.165, 1.54) is 16.7 Å². The fourth-order valence-corrected chi connectivity index (χ4v) is 10.9. The van der Waals surface area contributed by atoms with E-state index >= 15 is 0 Å². The van der Waals surface area contributed by atoms with Crippen LogP contribution in [0, 0.1) is 5.92 Å². The third kappa shape index (κ3) is 13.6. The van der Waals surface area contributed by atoms with E-state index < -0.39 is 22.1 Å². The zero-order valence-corrected chi connectivity index (χ0v) is 41.1. The molecule has 2 fully saturated rings. The number of anilines is 1. The van der Waals surface area contributed by atoms with Gasteiger partial charge in [0.2, 0.25) is 11.6 Å². The first-order valence-electron chi connectivity index (χ1n) is 23.0. The SMILES string of the molecule is CC1(C)C(/C=C/C2CCC/C(=C\C=C3\N(CCCNC(=O)CN4CCN(CC(=O)[O-])CCN(CC(=O)[O-])CC4)c4ccccc4C3(C)C)C2Cl)=[N+](CCCCS(=O)(=O)[O-])c2ccccc21.[64Cu+2]. The Bertz CT molecular complexity index is 2270. The van der Waals surface area contributed by atoms with Crippen LogP contribution < -0.4 is 20.4 Å². The van der Waals surface area contributed by atoms with E-state index in [1.807, 2.05) is 23.1 Å². The van der Waals surface area contributed by atoms with Crippen LogP contribution in [0.15, 0.2) is 84.1 Å². The first-order valence-corrected chi connectivity index (χ1v) is 25.0. The van der Waals surface area contributed by atoms with Gasteiger partial charge in [0.05, 0.1) is 39.4 Å². The minimum Gasteiger partial charge on any atom is -0.748 e. The number of halogens is 1. The molecule has 6 rings (SSSR count). The number of nitrogens with one attached hydrogen (secondary N) is 1. The number of aliphatic carboxylic acids is 2. The van der Waals surface area contributed by atoms with Crippen LogP contribution in [0.25, 0.3) is 0 Å². The minimum absolute atomic E-state index is 0. The number of nitrogens with zero attached hydrogens (tertiary/aromatic N) is 5. The number of amides is 1. The molecule has 2 unspecified atom stereocenters. The van der Waals surface area contributed by atoms with E-state index in [0.29, 0.717) is 78.2 Å². The summed E-state index contributed by atoms with van der Waals surface area (Å²) < 4.78 is 36.2. The van der Waals surface area contributed by atoms with E-state index in [-0.39, 0.29) is 70.5 Å². The number of fused-ring (bicyclic) bond motifs is 2. The van der Waals surface area contributed by atoms with Gasteiger partial charge in [0.15, 0.2) is 5.71 Å². The second kappa shape index (κ2) is 23.4. The number of allylic oxidation sites excluding steroid dienone is 6. The van der Waals surface area contributed by atoms with Gasteiger partial charge >= 0.3 is 17.1 Å². The molecule has 1 saturated carbocycles. The molecule has 2 atom stereocenters. The molecule has 1 radical (unpaired) electrons. The minimum atomic E-state index is -4.27. The molecule has 0 bridgehead atoms. The van der Waals surface area contributed by atoms with Crippen molar-refractivity contribution in [1.82, 2.24) is 20.0 Å². The van der Waals surface area contributed by atoms with Crippen molar-refractivity contribution in [2.75, 3.05) is 89.2 Å². The second-order valence-electron chi connectivity index (χ2n) is 18.8. The molecule has 2 aromatic carbocycles. The molecule has 3 heterocycles. The number of carboxylic acids is 2. The van der Waals surface area contributed by atoms with Gasteiger partial charge in [-0.1, -0.05) is 68.0 Å². The van der Waals surface area contributed by atoms with Gasteiger partial charge in [-0.25, -0.2) is 8.42 Å². The van der Waals surface area contributed by atoms with Gasteiger partial charge in [-0.3, -0.25) is 19.5 Å². The smallest absolute Gasteiger partial charge is 0.748 e. The molecule has 2 aromatic rings. The topological polar surface area (TPSA) is 183 Å². The van der Waals surface area contributed by atoms with E-state index in [2.05, 4.69) is 97.1 Å². The molecule has 3 aliphatic heterocycles. The first-order chi connectivity index (χ1) is 30.8. The quantitative estimate of drug-likeness (QED) is 0.0760. The normalized spacial score (nSPS) is 22.7. The number of hydrogen-bond acceptors (Lipinski definition) is 12. The van der Waals surface area contributed by atoms with E-state index in [0.717, 1.165) is 42.0 Å². The molecule has 1 saturated heterocycles. The number of para-hydroxylation sites is 2. The van der Waals surface area contributed by atoms with Crippen LogP contribution in [0.1, 0.15) is 77.3 Å². The Kier molecular flexibility index (Phi) is 18.9. The van der Waals surface area contributed by atoms with Crippen molar-refractivity contribution in [3.05, 3.63) is 95.2 Å². The van der Waals surface area contributed by atoms with E-state index in [1.54, 1.807) is 9.80 Å². The Hall–Kier alpha value is -3.86. The zero-order valence-electron chi connectivity index (χ0n) is 38.6. The average molecular weight is 998 g/mol. The fourth-order valence-electron chi connectivity index (χ4n) is 9.93. The van der Waals surface area contributed by atoms with Gasteiger partial charge in [0.25, 0.3) is 0 Å². The second-order valence-corrected chi connectivity index (χ2v) is 20.8. The summed E-state index contributed by atoms with van der Waals surface area (Å²) in [6, 6.07) is 16.7. The van der Waals surface area contributed by atoms with Gasteiger partial charge < -0.3 is 34.6 Å². The number of carbonyl (C=O) groups excluding carboxylic acids is 3. The molecule has 0 aromatic heterocycles. The molecule has 66 heavy (non-hydrogen) atoms. The summed E-state index contributed by atoms with van der Waals surface area (Å²) in [7, 11) is -4.27. The Labute approximate surface area is 406 Å². The number of hydrogen-bond donors (Lipinski definition) is 1. The maximum absolute atomic E-state index is 13.2. The Morgan fingerprint density at radius 3 is 2.03 bits per heavy atom. The van der Waals surface area contributed by atoms with Crippen molar-refractivity contribution < 1.29 is 59.2 Å². The predicted molar refractivity (Wildman–Crippen MR) is 249 cm³/mol. The summed E-state index contributed by atoms with van der Waals surface area (Å²) in [6.45, 7) is 12.7. The van der Waals surface area contributed by atoms with Crippen molar-refractivity contribution in [3.8, 4) is 0 Å². The largest absolute Gasteiger partial charge is 2.00 e. The monoisotopic (exact) mass is 996 g/mol. The molecular weight excluding hydrogens is 932 g/mol.